The fourth-order valence-corrected chi connectivity index (χ4v) is 4.37. The van der Waals surface area contributed by atoms with Crippen LogP contribution in [0.5, 0.6) is 5.75 Å². The maximum Gasteiger partial charge on any atom is 0.153 e. The second kappa shape index (κ2) is 5.69. The molecule has 2 rings (SSSR count). The highest BCUT2D eigenvalue weighted by molar-refractivity contribution is 7.91. The Kier molecular flexibility index (Phi) is 4.34. The lowest BCUT2D eigenvalue weighted by atomic mass is 9.93. The van der Waals surface area contributed by atoms with E-state index in [2.05, 4.69) is 4.98 Å². The third-order valence-corrected chi connectivity index (χ3v) is 5.42. The minimum Gasteiger partial charge on any atom is -0.492 e. The number of pyridine rings is 1. The molecule has 0 saturated heterocycles. The minimum absolute atomic E-state index is 0.434. The Hall–Kier alpha value is -1.14. The third-order valence-electron chi connectivity index (χ3n) is 3.76. The highest BCUT2D eigenvalue weighted by atomic mass is 32.2. The first-order chi connectivity index (χ1) is 9.38. The molecule has 5 nitrogen and oxygen atoms in total. The lowest BCUT2D eigenvalue weighted by Gasteiger charge is -2.29. The number of nitrogens with zero attached hydrogens (tertiary/aromatic N) is 1. The summed E-state index contributed by atoms with van der Waals surface area (Å²) in [5, 5.41) is 10.1. The molecule has 0 amide bonds. The normalized spacial score (nSPS) is 26.6. The number of aromatic nitrogens is 1. The molecular weight excluding hydrogens is 278 g/mol. The molecule has 1 N–H and O–H groups in total. The monoisotopic (exact) mass is 299 g/mol. The molecule has 6 heteroatoms. The Bertz CT molecular complexity index is 572. The van der Waals surface area contributed by atoms with Crippen LogP contribution in [0.15, 0.2) is 18.5 Å². The molecule has 0 bridgehead atoms. The van der Waals surface area contributed by atoms with Crippen LogP contribution in [-0.2, 0) is 15.4 Å². The molecule has 1 aliphatic rings. The quantitative estimate of drug-likeness (QED) is 0.894. The van der Waals surface area contributed by atoms with Crippen molar-refractivity contribution in [3.05, 3.63) is 24.0 Å². The van der Waals surface area contributed by atoms with E-state index in [1.165, 1.54) is 12.5 Å². The van der Waals surface area contributed by atoms with E-state index < -0.39 is 20.7 Å². The number of ether oxygens (including phenoxy) is 1. The molecule has 0 aromatic carbocycles. The number of sulfone groups is 1. The second-order valence-electron chi connectivity index (χ2n) is 5.39. The van der Waals surface area contributed by atoms with Crippen LogP contribution >= 0.6 is 0 Å². The number of aliphatic hydroxyl groups is 1. The number of rotatable bonds is 5. The van der Waals surface area contributed by atoms with Crippen molar-refractivity contribution < 1.29 is 18.3 Å². The van der Waals surface area contributed by atoms with Gasteiger partial charge in [0, 0.05) is 18.0 Å². The van der Waals surface area contributed by atoms with Crippen LogP contribution in [0, 0.1) is 0 Å². The average Bonchev–Trinajstić information content (AvgIpc) is 2.80. The topological polar surface area (TPSA) is 76.5 Å². The van der Waals surface area contributed by atoms with Crippen molar-refractivity contribution in [1.82, 2.24) is 4.98 Å². The molecular formula is C14H21NO4S. The van der Waals surface area contributed by atoms with Gasteiger partial charge in [-0.3, -0.25) is 4.98 Å². The van der Waals surface area contributed by atoms with Crippen molar-refractivity contribution in [2.75, 3.05) is 12.9 Å². The molecule has 0 radical (unpaired) electrons. The van der Waals surface area contributed by atoms with E-state index >= 15 is 0 Å². The van der Waals surface area contributed by atoms with Crippen LogP contribution in [0.25, 0.3) is 0 Å². The summed E-state index contributed by atoms with van der Waals surface area (Å²) in [6.45, 7) is 2.57. The Balaban J connectivity index is 2.34. The van der Waals surface area contributed by atoms with Gasteiger partial charge in [-0.05, 0) is 31.7 Å². The molecule has 1 aliphatic carbocycles. The summed E-state index contributed by atoms with van der Waals surface area (Å²) in [6, 6.07) is 1.70. The zero-order valence-electron chi connectivity index (χ0n) is 11.9. The van der Waals surface area contributed by atoms with Gasteiger partial charge in [-0.1, -0.05) is 6.92 Å². The van der Waals surface area contributed by atoms with Crippen LogP contribution in [-0.4, -0.2) is 36.6 Å². The summed E-state index contributed by atoms with van der Waals surface area (Å²) in [6.07, 6.45) is 6.77. The highest BCUT2D eigenvalue weighted by Crippen LogP contribution is 2.42. The van der Waals surface area contributed by atoms with E-state index in [0.29, 0.717) is 37.2 Å². The first kappa shape index (κ1) is 15.3. The predicted octanol–water partition coefficient (Wildman–Crippen LogP) is 1.66. The van der Waals surface area contributed by atoms with Gasteiger partial charge in [-0.2, -0.15) is 0 Å². The van der Waals surface area contributed by atoms with Crippen LogP contribution in [0.2, 0.25) is 0 Å². The largest absolute Gasteiger partial charge is 0.492 e. The molecule has 112 valence electrons. The Morgan fingerprint density at radius 1 is 1.50 bits per heavy atom. The van der Waals surface area contributed by atoms with E-state index in [1.54, 1.807) is 12.3 Å². The zero-order chi connectivity index (χ0) is 14.8. The van der Waals surface area contributed by atoms with Crippen molar-refractivity contribution >= 4 is 9.84 Å². The van der Waals surface area contributed by atoms with Gasteiger partial charge >= 0.3 is 0 Å². The maximum atomic E-state index is 11.9. The summed E-state index contributed by atoms with van der Waals surface area (Å²) in [5.41, 5.74) is -0.828. The Morgan fingerprint density at radius 3 is 2.90 bits per heavy atom. The summed E-state index contributed by atoms with van der Waals surface area (Å²) < 4.78 is 29.2. The Labute approximate surface area is 119 Å². The van der Waals surface area contributed by atoms with Crippen LogP contribution in [0.3, 0.4) is 0 Å². The lowest BCUT2D eigenvalue weighted by Crippen LogP contribution is -2.39. The molecule has 1 heterocycles. The molecule has 0 spiro atoms. The third kappa shape index (κ3) is 2.96. The van der Waals surface area contributed by atoms with E-state index in [1.807, 2.05) is 6.92 Å². The number of hydrogen-bond acceptors (Lipinski definition) is 5. The van der Waals surface area contributed by atoms with Gasteiger partial charge in [0.05, 0.1) is 18.1 Å². The first-order valence-corrected chi connectivity index (χ1v) is 8.83. The molecule has 1 saturated carbocycles. The van der Waals surface area contributed by atoms with Crippen molar-refractivity contribution in [2.24, 2.45) is 0 Å². The summed E-state index contributed by atoms with van der Waals surface area (Å²) >= 11 is 0. The summed E-state index contributed by atoms with van der Waals surface area (Å²) in [5.74, 6) is 0.567. The zero-order valence-corrected chi connectivity index (χ0v) is 12.7. The average molecular weight is 299 g/mol. The van der Waals surface area contributed by atoms with Gasteiger partial charge in [0.1, 0.15) is 11.4 Å². The van der Waals surface area contributed by atoms with E-state index in [4.69, 9.17) is 4.74 Å². The number of hydrogen-bond donors (Lipinski definition) is 1. The molecule has 2 atom stereocenters. The van der Waals surface area contributed by atoms with Crippen molar-refractivity contribution in [3.63, 3.8) is 0 Å². The fraction of sp³-hybridized carbons (Fsp3) is 0.643. The summed E-state index contributed by atoms with van der Waals surface area (Å²) in [7, 11) is -3.31. The molecule has 1 aromatic rings. The van der Waals surface area contributed by atoms with Gasteiger partial charge in [-0.25, -0.2) is 8.42 Å². The SMILES string of the molecule is CCCOc1cncc(C2(O)CCCC2S(C)(=O)=O)c1. The van der Waals surface area contributed by atoms with Crippen molar-refractivity contribution in [3.8, 4) is 5.75 Å². The minimum atomic E-state index is -3.31. The van der Waals surface area contributed by atoms with Gasteiger partial charge in [-0.15, -0.1) is 0 Å². The molecule has 2 unspecified atom stereocenters. The molecule has 1 fully saturated rings. The first-order valence-electron chi connectivity index (χ1n) is 6.87. The maximum absolute atomic E-state index is 11.9. The van der Waals surface area contributed by atoms with E-state index in [-0.39, 0.29) is 0 Å². The standard InChI is InChI=1S/C14H21NO4S/c1-3-7-19-12-8-11(9-15-10-12)14(16)6-4-5-13(14)20(2,17)18/h8-10,13,16H,3-7H2,1-2H3. The van der Waals surface area contributed by atoms with Gasteiger partial charge in [0.2, 0.25) is 0 Å². The highest BCUT2D eigenvalue weighted by Gasteiger charge is 2.48. The molecule has 0 aliphatic heterocycles. The van der Waals surface area contributed by atoms with Gasteiger partial charge in [0.15, 0.2) is 9.84 Å². The van der Waals surface area contributed by atoms with Crippen LogP contribution in [0.4, 0.5) is 0 Å². The van der Waals surface area contributed by atoms with Crippen LogP contribution in [0.1, 0.15) is 38.2 Å². The summed E-state index contributed by atoms with van der Waals surface area (Å²) in [4.78, 5) is 4.06. The van der Waals surface area contributed by atoms with Gasteiger partial charge in [0.25, 0.3) is 0 Å². The van der Waals surface area contributed by atoms with Crippen molar-refractivity contribution in [1.29, 1.82) is 0 Å². The lowest BCUT2D eigenvalue weighted by molar-refractivity contribution is 0.0470. The molecule has 20 heavy (non-hydrogen) atoms. The second-order valence-corrected chi connectivity index (χ2v) is 7.62. The van der Waals surface area contributed by atoms with E-state index in [0.717, 1.165) is 6.42 Å². The Morgan fingerprint density at radius 2 is 2.25 bits per heavy atom. The molecule has 1 aromatic heterocycles. The van der Waals surface area contributed by atoms with Crippen molar-refractivity contribution in [2.45, 2.75) is 43.5 Å². The van der Waals surface area contributed by atoms with Gasteiger partial charge < -0.3 is 9.84 Å². The smallest absolute Gasteiger partial charge is 0.153 e. The fourth-order valence-electron chi connectivity index (χ4n) is 2.81. The van der Waals surface area contributed by atoms with Crippen LogP contribution < -0.4 is 4.74 Å². The predicted molar refractivity (Wildman–Crippen MR) is 76.4 cm³/mol. The van der Waals surface area contributed by atoms with E-state index in [9.17, 15) is 13.5 Å².